The zero-order valence-electron chi connectivity index (χ0n) is 11.2. The van der Waals surface area contributed by atoms with Gasteiger partial charge in [0.1, 0.15) is 15.8 Å². The van der Waals surface area contributed by atoms with Gasteiger partial charge in [-0.25, -0.2) is 13.4 Å². The average molecular weight is 347 g/mol. The third-order valence-electron chi connectivity index (χ3n) is 2.95. The number of benzene rings is 1. The molecule has 0 spiro atoms. The van der Waals surface area contributed by atoms with Gasteiger partial charge in [0.15, 0.2) is 5.15 Å². The van der Waals surface area contributed by atoms with Crippen LogP contribution in [0.3, 0.4) is 0 Å². The van der Waals surface area contributed by atoms with Crippen LogP contribution in [0, 0.1) is 13.8 Å². The molecule has 0 radical (unpaired) electrons. The molecule has 8 heteroatoms. The Balaban J connectivity index is 2.45. The van der Waals surface area contributed by atoms with Crippen molar-refractivity contribution in [3.05, 3.63) is 45.7 Å². The zero-order valence-corrected chi connectivity index (χ0v) is 13.5. The molecule has 0 aliphatic carbocycles. The van der Waals surface area contributed by atoms with Crippen molar-refractivity contribution < 1.29 is 13.5 Å². The maximum absolute atomic E-state index is 12.3. The molecule has 0 unspecified atom stereocenters. The van der Waals surface area contributed by atoms with Gasteiger partial charge in [-0.15, -0.1) is 0 Å². The Morgan fingerprint density at radius 2 is 1.81 bits per heavy atom. The molecule has 2 rings (SSSR count). The van der Waals surface area contributed by atoms with Crippen molar-refractivity contribution in [1.29, 1.82) is 0 Å². The molecule has 0 saturated carbocycles. The summed E-state index contributed by atoms with van der Waals surface area (Å²) < 4.78 is 27.0. The van der Waals surface area contributed by atoms with Crippen LogP contribution in [0.2, 0.25) is 10.3 Å². The van der Waals surface area contributed by atoms with Crippen LogP contribution in [0.4, 0.5) is 5.69 Å². The Kier molecular flexibility index (Phi) is 4.32. The Morgan fingerprint density at radius 1 is 1.14 bits per heavy atom. The SMILES string of the molecule is Cc1ccc(NS(=O)(=O)c2ccc(Cl)nc2Cl)c(C)c1O. The smallest absolute Gasteiger partial charge is 0.264 e. The summed E-state index contributed by atoms with van der Waals surface area (Å²) in [6.45, 7) is 3.34. The minimum absolute atomic E-state index is 0.0375. The molecule has 5 nitrogen and oxygen atoms in total. The van der Waals surface area contributed by atoms with Crippen molar-refractivity contribution in [2.45, 2.75) is 18.7 Å². The van der Waals surface area contributed by atoms with Gasteiger partial charge in [0.2, 0.25) is 0 Å². The van der Waals surface area contributed by atoms with Crippen LogP contribution in [-0.4, -0.2) is 18.5 Å². The van der Waals surface area contributed by atoms with Gasteiger partial charge >= 0.3 is 0 Å². The van der Waals surface area contributed by atoms with Crippen molar-refractivity contribution in [1.82, 2.24) is 4.98 Å². The first-order valence-corrected chi connectivity index (χ1v) is 8.10. The molecule has 0 aliphatic heterocycles. The summed E-state index contributed by atoms with van der Waals surface area (Å²) >= 11 is 11.5. The fraction of sp³-hybridized carbons (Fsp3) is 0.154. The van der Waals surface area contributed by atoms with Crippen molar-refractivity contribution in [2.75, 3.05) is 4.72 Å². The molecule has 0 amide bonds. The molecule has 1 aromatic heterocycles. The lowest BCUT2D eigenvalue weighted by Gasteiger charge is -2.13. The van der Waals surface area contributed by atoms with Crippen molar-refractivity contribution >= 4 is 38.9 Å². The van der Waals surface area contributed by atoms with Crippen LogP contribution in [0.5, 0.6) is 5.75 Å². The molecule has 2 N–H and O–H groups in total. The maximum atomic E-state index is 12.3. The number of sulfonamides is 1. The van der Waals surface area contributed by atoms with Crippen molar-refractivity contribution in [3.63, 3.8) is 0 Å². The van der Waals surface area contributed by atoms with E-state index in [-0.39, 0.29) is 26.6 Å². The number of nitrogens with zero attached hydrogens (tertiary/aromatic N) is 1. The lowest BCUT2D eigenvalue weighted by molar-refractivity contribution is 0.467. The standard InChI is InChI=1S/C13H12Cl2N2O3S/c1-7-3-4-9(8(2)12(7)18)17-21(19,20)10-5-6-11(14)16-13(10)15/h3-6,17-18H,1-2H3. The Morgan fingerprint density at radius 3 is 2.43 bits per heavy atom. The normalized spacial score (nSPS) is 11.4. The van der Waals surface area contributed by atoms with Gasteiger partial charge in [-0.05, 0) is 37.6 Å². The van der Waals surface area contributed by atoms with Gasteiger partial charge in [-0.1, -0.05) is 29.3 Å². The van der Waals surface area contributed by atoms with Gasteiger partial charge < -0.3 is 5.11 Å². The van der Waals surface area contributed by atoms with E-state index >= 15 is 0 Å². The van der Waals surface area contributed by atoms with E-state index in [4.69, 9.17) is 23.2 Å². The number of aryl methyl sites for hydroxylation is 1. The quantitative estimate of drug-likeness (QED) is 0.833. The second-order valence-electron chi connectivity index (χ2n) is 4.43. The maximum Gasteiger partial charge on any atom is 0.264 e. The highest BCUT2D eigenvalue weighted by atomic mass is 35.5. The fourth-order valence-corrected chi connectivity index (χ4v) is 3.53. The number of phenols is 1. The number of nitrogens with one attached hydrogen (secondary N) is 1. The van der Waals surface area contributed by atoms with Gasteiger partial charge in [0, 0.05) is 5.56 Å². The molecule has 0 aliphatic rings. The summed E-state index contributed by atoms with van der Waals surface area (Å²) in [6, 6.07) is 5.78. The van der Waals surface area contributed by atoms with Crippen LogP contribution < -0.4 is 4.72 Å². The molecule has 1 heterocycles. The highest BCUT2D eigenvalue weighted by Crippen LogP contribution is 2.30. The number of phenolic OH excluding ortho intramolecular Hbond substituents is 1. The summed E-state index contributed by atoms with van der Waals surface area (Å²) in [5.74, 6) is 0.0375. The number of aromatic nitrogens is 1. The summed E-state index contributed by atoms with van der Waals surface area (Å²) in [5.41, 5.74) is 1.35. The summed E-state index contributed by atoms with van der Waals surface area (Å²) in [5, 5.41) is 9.74. The Labute approximate surface area is 132 Å². The van der Waals surface area contributed by atoms with Crippen LogP contribution in [0.1, 0.15) is 11.1 Å². The number of hydrogen-bond acceptors (Lipinski definition) is 4. The predicted molar refractivity (Wildman–Crippen MR) is 82.6 cm³/mol. The molecule has 0 saturated heterocycles. The molecule has 0 atom stereocenters. The number of anilines is 1. The molecule has 0 fully saturated rings. The Hall–Kier alpha value is -1.50. The van der Waals surface area contributed by atoms with Crippen LogP contribution in [-0.2, 0) is 10.0 Å². The lowest BCUT2D eigenvalue weighted by Crippen LogP contribution is -2.14. The molecule has 2 aromatic rings. The predicted octanol–water partition coefficient (Wildman–Crippen LogP) is 3.51. The second kappa shape index (κ2) is 5.71. The van der Waals surface area contributed by atoms with Gasteiger partial charge in [0.05, 0.1) is 5.69 Å². The lowest BCUT2D eigenvalue weighted by atomic mass is 10.1. The van der Waals surface area contributed by atoms with Gasteiger partial charge in [-0.3, -0.25) is 4.72 Å². The van der Waals surface area contributed by atoms with E-state index in [0.29, 0.717) is 11.1 Å². The minimum atomic E-state index is -3.93. The van der Waals surface area contributed by atoms with Crippen LogP contribution in [0.25, 0.3) is 0 Å². The van der Waals surface area contributed by atoms with Crippen molar-refractivity contribution in [2.24, 2.45) is 0 Å². The number of hydrogen-bond donors (Lipinski definition) is 2. The fourth-order valence-electron chi connectivity index (χ4n) is 1.75. The van der Waals surface area contributed by atoms with Crippen LogP contribution in [0.15, 0.2) is 29.2 Å². The molecular weight excluding hydrogens is 335 g/mol. The van der Waals surface area contributed by atoms with Crippen molar-refractivity contribution in [3.8, 4) is 5.75 Å². The van der Waals surface area contributed by atoms with Gasteiger partial charge in [0.25, 0.3) is 10.0 Å². The summed E-state index contributed by atoms with van der Waals surface area (Å²) in [4.78, 5) is 3.51. The third-order valence-corrected chi connectivity index (χ3v) is 4.95. The topological polar surface area (TPSA) is 79.3 Å². The first-order chi connectivity index (χ1) is 9.72. The van der Waals surface area contributed by atoms with Crippen LogP contribution >= 0.6 is 23.2 Å². The Bertz CT molecular complexity index is 807. The van der Waals surface area contributed by atoms with Gasteiger partial charge in [-0.2, -0.15) is 0 Å². The van der Waals surface area contributed by atoms with E-state index in [1.165, 1.54) is 12.1 Å². The highest BCUT2D eigenvalue weighted by molar-refractivity contribution is 7.92. The van der Waals surface area contributed by atoms with E-state index in [1.54, 1.807) is 26.0 Å². The number of halogens is 2. The number of aromatic hydroxyl groups is 1. The zero-order chi connectivity index (χ0) is 15.8. The third kappa shape index (κ3) is 3.23. The second-order valence-corrected chi connectivity index (χ2v) is 6.83. The summed E-state index contributed by atoms with van der Waals surface area (Å²) in [6.07, 6.45) is 0. The monoisotopic (exact) mass is 346 g/mol. The van der Waals surface area contributed by atoms with E-state index in [9.17, 15) is 13.5 Å². The van der Waals surface area contributed by atoms with E-state index in [2.05, 4.69) is 9.71 Å². The molecule has 21 heavy (non-hydrogen) atoms. The minimum Gasteiger partial charge on any atom is -0.507 e. The average Bonchev–Trinajstić information content (AvgIpc) is 2.39. The van der Waals surface area contributed by atoms with E-state index in [0.717, 1.165) is 0 Å². The van der Waals surface area contributed by atoms with E-state index < -0.39 is 10.0 Å². The first kappa shape index (κ1) is 15.9. The largest absolute Gasteiger partial charge is 0.507 e. The number of rotatable bonds is 3. The summed E-state index contributed by atoms with van der Waals surface area (Å²) in [7, 11) is -3.93. The molecular formula is C13H12Cl2N2O3S. The first-order valence-electron chi connectivity index (χ1n) is 5.86. The molecule has 0 bridgehead atoms. The van der Waals surface area contributed by atoms with E-state index in [1.807, 2.05) is 0 Å². The number of pyridine rings is 1. The highest BCUT2D eigenvalue weighted by Gasteiger charge is 2.21. The molecule has 112 valence electrons. The molecule has 1 aromatic carbocycles.